The second-order valence-corrected chi connectivity index (χ2v) is 9.79. The van der Waals surface area contributed by atoms with Crippen LogP contribution >= 0.6 is 11.6 Å². The van der Waals surface area contributed by atoms with E-state index in [1.165, 1.54) is 5.01 Å². The molecule has 0 fully saturated rings. The Hall–Kier alpha value is -4.94. The van der Waals surface area contributed by atoms with Gasteiger partial charge in [-0.25, -0.2) is 4.68 Å². The van der Waals surface area contributed by atoms with Gasteiger partial charge in [0.25, 0.3) is 5.91 Å². The second kappa shape index (κ2) is 11.0. The van der Waals surface area contributed by atoms with E-state index in [1.807, 2.05) is 133 Å². The first-order chi connectivity index (χ1) is 19.5. The predicted molar refractivity (Wildman–Crippen MR) is 160 cm³/mol. The predicted octanol–water partition coefficient (Wildman–Crippen LogP) is 7.58. The number of carbonyl (C=O) groups excluding carboxylic acids is 1. The Morgan fingerprint density at radius 2 is 1.48 bits per heavy atom. The number of carbonyl (C=O) groups is 1. The standard InChI is InChI=1S/C33H25ClN4O2/c1-23-31(33(39)38(35-23)29-10-6-3-7-11-29)20-26-21-37(28-8-4-2-5-9-28)36-32(26)25-14-18-30(19-15-25)40-22-24-12-16-27(34)17-13-24/h2-21H,22H2,1H3/b31-20-. The number of amides is 1. The largest absolute Gasteiger partial charge is 0.489 e. The molecule has 7 heteroatoms. The summed E-state index contributed by atoms with van der Waals surface area (Å²) in [5, 5.41) is 11.6. The van der Waals surface area contributed by atoms with Crippen LogP contribution in [0.15, 0.2) is 126 Å². The number of hydrogen-bond acceptors (Lipinski definition) is 4. The van der Waals surface area contributed by atoms with Gasteiger partial charge in [-0.1, -0.05) is 60.1 Å². The summed E-state index contributed by atoms with van der Waals surface area (Å²) < 4.78 is 7.80. The summed E-state index contributed by atoms with van der Waals surface area (Å²) in [6.07, 6.45) is 3.81. The molecule has 0 aliphatic carbocycles. The highest BCUT2D eigenvalue weighted by atomic mass is 35.5. The molecule has 5 aromatic rings. The van der Waals surface area contributed by atoms with E-state index in [0.29, 0.717) is 22.9 Å². The van der Waals surface area contributed by atoms with Crippen molar-refractivity contribution in [2.24, 2.45) is 5.10 Å². The van der Waals surface area contributed by atoms with Crippen molar-refractivity contribution in [3.05, 3.63) is 137 Å². The first-order valence-corrected chi connectivity index (χ1v) is 13.2. The lowest BCUT2D eigenvalue weighted by Gasteiger charge is -2.11. The molecule has 1 aliphatic rings. The third-order valence-corrected chi connectivity index (χ3v) is 6.82. The molecule has 4 aromatic carbocycles. The highest BCUT2D eigenvalue weighted by molar-refractivity contribution is 6.32. The van der Waals surface area contributed by atoms with E-state index in [9.17, 15) is 4.79 Å². The number of anilines is 1. The highest BCUT2D eigenvalue weighted by Gasteiger charge is 2.29. The number of rotatable bonds is 7. The molecule has 0 saturated heterocycles. The topological polar surface area (TPSA) is 59.7 Å². The Kier molecular flexibility index (Phi) is 7.00. The molecule has 1 aromatic heterocycles. The van der Waals surface area contributed by atoms with Gasteiger partial charge in [-0.3, -0.25) is 4.79 Å². The SMILES string of the molecule is CC1=NN(c2ccccc2)C(=O)/C1=C\c1cn(-c2ccccc2)nc1-c1ccc(OCc2ccc(Cl)cc2)cc1. The average molecular weight is 545 g/mol. The van der Waals surface area contributed by atoms with Gasteiger partial charge in [-0.2, -0.15) is 15.2 Å². The Bertz CT molecular complexity index is 1710. The fraction of sp³-hybridized carbons (Fsp3) is 0.0606. The highest BCUT2D eigenvalue weighted by Crippen LogP contribution is 2.30. The molecule has 2 heterocycles. The molecule has 0 saturated carbocycles. The Balaban J connectivity index is 1.32. The van der Waals surface area contributed by atoms with Gasteiger partial charge in [0.05, 0.1) is 28.4 Å². The van der Waals surface area contributed by atoms with Gasteiger partial charge in [0, 0.05) is 22.3 Å². The van der Waals surface area contributed by atoms with Crippen molar-refractivity contribution in [1.82, 2.24) is 9.78 Å². The van der Waals surface area contributed by atoms with Crippen LogP contribution in [0.3, 0.4) is 0 Å². The number of aromatic nitrogens is 2. The Morgan fingerprint density at radius 1 is 0.825 bits per heavy atom. The van der Waals surface area contributed by atoms with Gasteiger partial charge in [0.15, 0.2) is 0 Å². The zero-order valence-corrected chi connectivity index (χ0v) is 22.5. The minimum absolute atomic E-state index is 0.173. The molecule has 0 unspecified atom stereocenters. The molecular weight excluding hydrogens is 520 g/mol. The molecule has 0 radical (unpaired) electrons. The Labute approximate surface area is 237 Å². The summed E-state index contributed by atoms with van der Waals surface area (Å²) in [5.41, 5.74) is 6.33. The maximum absolute atomic E-state index is 13.4. The summed E-state index contributed by atoms with van der Waals surface area (Å²) >= 11 is 5.98. The number of para-hydroxylation sites is 2. The van der Waals surface area contributed by atoms with Gasteiger partial charge in [0.1, 0.15) is 12.4 Å². The fourth-order valence-corrected chi connectivity index (χ4v) is 4.60. The second-order valence-electron chi connectivity index (χ2n) is 9.35. The molecule has 196 valence electrons. The molecule has 0 N–H and O–H groups in total. The van der Waals surface area contributed by atoms with E-state index < -0.39 is 0 Å². The van der Waals surface area contributed by atoms with Gasteiger partial charge >= 0.3 is 0 Å². The lowest BCUT2D eigenvalue weighted by Crippen LogP contribution is -2.21. The summed E-state index contributed by atoms with van der Waals surface area (Å²) in [5.74, 6) is 0.571. The van der Waals surface area contributed by atoms with Crippen LogP contribution in [0, 0.1) is 0 Å². The van der Waals surface area contributed by atoms with Crippen molar-refractivity contribution in [3.63, 3.8) is 0 Å². The quantitative estimate of drug-likeness (QED) is 0.198. The van der Waals surface area contributed by atoms with E-state index in [-0.39, 0.29) is 5.91 Å². The van der Waals surface area contributed by atoms with E-state index in [0.717, 1.165) is 39.5 Å². The number of hydrazone groups is 1. The van der Waals surface area contributed by atoms with Crippen LogP contribution in [0.2, 0.25) is 5.02 Å². The van der Waals surface area contributed by atoms with Crippen LogP contribution < -0.4 is 9.75 Å². The fourth-order valence-electron chi connectivity index (χ4n) is 4.47. The van der Waals surface area contributed by atoms with Crippen molar-refractivity contribution in [3.8, 4) is 22.7 Å². The molecule has 1 amide bonds. The van der Waals surface area contributed by atoms with E-state index in [4.69, 9.17) is 21.4 Å². The third-order valence-electron chi connectivity index (χ3n) is 6.57. The van der Waals surface area contributed by atoms with Gasteiger partial charge < -0.3 is 4.74 Å². The lowest BCUT2D eigenvalue weighted by molar-refractivity contribution is -0.114. The number of benzene rings is 4. The van der Waals surface area contributed by atoms with Crippen LogP contribution in [0.25, 0.3) is 23.0 Å². The first-order valence-electron chi connectivity index (χ1n) is 12.8. The number of halogens is 1. The zero-order chi connectivity index (χ0) is 27.5. The summed E-state index contributed by atoms with van der Waals surface area (Å²) in [4.78, 5) is 13.4. The monoisotopic (exact) mass is 544 g/mol. The zero-order valence-electron chi connectivity index (χ0n) is 21.7. The number of hydrogen-bond donors (Lipinski definition) is 0. The number of nitrogens with zero attached hydrogens (tertiary/aromatic N) is 4. The lowest BCUT2D eigenvalue weighted by atomic mass is 10.0. The average Bonchev–Trinajstić information content (AvgIpc) is 3.55. The van der Waals surface area contributed by atoms with Crippen LogP contribution in [-0.2, 0) is 11.4 Å². The van der Waals surface area contributed by atoms with Crippen LogP contribution in [0.4, 0.5) is 5.69 Å². The molecule has 0 atom stereocenters. The molecular formula is C33H25ClN4O2. The first kappa shape index (κ1) is 25.3. The van der Waals surface area contributed by atoms with E-state index in [1.54, 1.807) is 0 Å². The molecule has 40 heavy (non-hydrogen) atoms. The van der Waals surface area contributed by atoms with E-state index >= 15 is 0 Å². The molecule has 6 rings (SSSR count). The molecule has 6 nitrogen and oxygen atoms in total. The minimum atomic E-state index is -0.173. The minimum Gasteiger partial charge on any atom is -0.489 e. The summed E-state index contributed by atoms with van der Waals surface area (Å²) in [6, 6.07) is 34.7. The van der Waals surface area contributed by atoms with E-state index in [2.05, 4.69) is 5.10 Å². The van der Waals surface area contributed by atoms with Gasteiger partial charge in [-0.05, 0) is 79.2 Å². The smallest absolute Gasteiger partial charge is 0.280 e. The summed E-state index contributed by atoms with van der Waals surface area (Å²) in [7, 11) is 0. The Morgan fingerprint density at radius 3 is 2.15 bits per heavy atom. The molecule has 0 spiro atoms. The van der Waals surface area contributed by atoms with Gasteiger partial charge in [0.2, 0.25) is 0 Å². The van der Waals surface area contributed by atoms with Crippen LogP contribution in [-0.4, -0.2) is 21.4 Å². The third kappa shape index (κ3) is 5.30. The van der Waals surface area contributed by atoms with Crippen LogP contribution in [0.1, 0.15) is 18.1 Å². The summed E-state index contributed by atoms with van der Waals surface area (Å²) in [6.45, 7) is 2.29. The van der Waals surface area contributed by atoms with Gasteiger partial charge in [-0.15, -0.1) is 0 Å². The molecule has 0 bridgehead atoms. The van der Waals surface area contributed by atoms with Crippen molar-refractivity contribution in [2.45, 2.75) is 13.5 Å². The maximum atomic E-state index is 13.4. The van der Waals surface area contributed by atoms with Crippen molar-refractivity contribution in [1.29, 1.82) is 0 Å². The molecule has 1 aliphatic heterocycles. The van der Waals surface area contributed by atoms with Crippen molar-refractivity contribution < 1.29 is 9.53 Å². The number of ether oxygens (including phenoxy) is 1. The maximum Gasteiger partial charge on any atom is 0.280 e. The normalized spacial score (nSPS) is 14.1. The van der Waals surface area contributed by atoms with Crippen LogP contribution in [0.5, 0.6) is 5.75 Å². The van der Waals surface area contributed by atoms with Crippen molar-refractivity contribution >= 4 is 35.0 Å². The van der Waals surface area contributed by atoms with Crippen molar-refractivity contribution in [2.75, 3.05) is 5.01 Å².